The molecular weight excluding hydrogens is 276 g/mol. The van der Waals surface area contributed by atoms with Crippen LogP contribution in [0.4, 0.5) is 11.4 Å². The van der Waals surface area contributed by atoms with E-state index in [1.54, 1.807) is 11.9 Å². The lowest BCUT2D eigenvalue weighted by Crippen LogP contribution is -2.31. The summed E-state index contributed by atoms with van der Waals surface area (Å²) in [5, 5.41) is 2.90. The van der Waals surface area contributed by atoms with E-state index in [1.165, 1.54) is 0 Å². The lowest BCUT2D eigenvalue weighted by atomic mass is 9.99. The summed E-state index contributed by atoms with van der Waals surface area (Å²) in [6.07, 6.45) is 0. The maximum atomic E-state index is 12.6. The second-order valence-electron chi connectivity index (χ2n) is 5.70. The molecular formula is C18H18N2O2. The molecule has 0 aromatic heterocycles. The van der Waals surface area contributed by atoms with Crippen LogP contribution in [0.5, 0.6) is 0 Å². The van der Waals surface area contributed by atoms with Crippen molar-refractivity contribution in [1.29, 1.82) is 0 Å². The summed E-state index contributed by atoms with van der Waals surface area (Å²) in [6.45, 7) is 3.91. The van der Waals surface area contributed by atoms with Crippen molar-refractivity contribution < 1.29 is 9.59 Å². The van der Waals surface area contributed by atoms with Crippen molar-refractivity contribution >= 4 is 23.2 Å². The summed E-state index contributed by atoms with van der Waals surface area (Å²) in [5.41, 5.74) is 4.36. The molecule has 1 heterocycles. The largest absolute Gasteiger partial charge is 0.325 e. The maximum Gasteiger partial charge on any atom is 0.243 e. The van der Waals surface area contributed by atoms with Crippen LogP contribution < -0.4 is 10.2 Å². The Bertz CT molecular complexity index is 767. The van der Waals surface area contributed by atoms with Gasteiger partial charge in [-0.1, -0.05) is 30.3 Å². The third-order valence-electron chi connectivity index (χ3n) is 4.10. The van der Waals surface area contributed by atoms with Crippen LogP contribution in [0.1, 0.15) is 22.6 Å². The number of amides is 2. The van der Waals surface area contributed by atoms with Crippen LogP contribution in [-0.2, 0) is 9.59 Å². The predicted molar refractivity (Wildman–Crippen MR) is 87.1 cm³/mol. The molecule has 0 radical (unpaired) electrons. The van der Waals surface area contributed by atoms with Crippen LogP contribution in [0.25, 0.3) is 0 Å². The fraction of sp³-hybridized carbons (Fsp3) is 0.222. The van der Waals surface area contributed by atoms with Gasteiger partial charge < -0.3 is 10.2 Å². The van der Waals surface area contributed by atoms with Crippen molar-refractivity contribution in [3.63, 3.8) is 0 Å². The highest BCUT2D eigenvalue weighted by molar-refractivity contribution is 6.20. The Morgan fingerprint density at radius 2 is 1.86 bits per heavy atom. The fourth-order valence-corrected chi connectivity index (χ4v) is 2.81. The Hall–Kier alpha value is -2.62. The van der Waals surface area contributed by atoms with E-state index in [9.17, 15) is 9.59 Å². The summed E-state index contributed by atoms with van der Waals surface area (Å²) in [6, 6.07) is 13.3. The van der Waals surface area contributed by atoms with Gasteiger partial charge in [0.15, 0.2) is 0 Å². The number of rotatable bonds is 2. The third kappa shape index (κ3) is 2.26. The van der Waals surface area contributed by atoms with Gasteiger partial charge in [-0.3, -0.25) is 9.59 Å². The van der Waals surface area contributed by atoms with Gasteiger partial charge in [0.2, 0.25) is 11.8 Å². The second kappa shape index (κ2) is 5.30. The number of carbonyl (C=O) groups is 2. The zero-order valence-corrected chi connectivity index (χ0v) is 12.9. The fourth-order valence-electron chi connectivity index (χ4n) is 2.81. The molecule has 1 aliphatic heterocycles. The molecule has 1 unspecified atom stereocenters. The molecule has 22 heavy (non-hydrogen) atoms. The highest BCUT2D eigenvalue weighted by Gasteiger charge is 2.39. The first-order chi connectivity index (χ1) is 10.5. The molecule has 112 valence electrons. The van der Waals surface area contributed by atoms with Crippen molar-refractivity contribution in [2.75, 3.05) is 17.3 Å². The lowest BCUT2D eigenvalue weighted by molar-refractivity contribution is -0.126. The molecule has 4 nitrogen and oxygen atoms in total. The highest BCUT2D eigenvalue weighted by Crippen LogP contribution is 2.36. The zero-order chi connectivity index (χ0) is 15.9. The summed E-state index contributed by atoms with van der Waals surface area (Å²) < 4.78 is 0. The molecule has 0 bridgehead atoms. The van der Waals surface area contributed by atoms with Crippen LogP contribution in [-0.4, -0.2) is 18.9 Å². The molecule has 1 N–H and O–H groups in total. The monoisotopic (exact) mass is 294 g/mol. The van der Waals surface area contributed by atoms with E-state index in [2.05, 4.69) is 5.32 Å². The number of nitrogens with zero attached hydrogens (tertiary/aromatic N) is 1. The molecule has 2 amide bonds. The number of hydrogen-bond donors (Lipinski definition) is 1. The number of likely N-dealkylation sites (N-methyl/N-ethyl adjacent to an activating group) is 1. The Balaban J connectivity index is 1.93. The standard InChI is InChI=1S/C18H18N2O2/c1-11-8-9-12(2)14(10-11)19-17(21)16-13-6-4-5-7-15(13)20(3)18(16)22/h4-10,16H,1-3H3,(H,19,21). The average Bonchev–Trinajstić information content (AvgIpc) is 2.75. The molecule has 1 aliphatic rings. The van der Waals surface area contributed by atoms with Gasteiger partial charge in [0.25, 0.3) is 0 Å². The zero-order valence-electron chi connectivity index (χ0n) is 12.9. The minimum Gasteiger partial charge on any atom is -0.325 e. The van der Waals surface area contributed by atoms with Crippen LogP contribution >= 0.6 is 0 Å². The van der Waals surface area contributed by atoms with Gasteiger partial charge in [0.1, 0.15) is 5.92 Å². The highest BCUT2D eigenvalue weighted by atomic mass is 16.2. The van der Waals surface area contributed by atoms with Gasteiger partial charge in [-0.05, 0) is 42.7 Å². The second-order valence-corrected chi connectivity index (χ2v) is 5.70. The quantitative estimate of drug-likeness (QED) is 0.866. The molecule has 0 aliphatic carbocycles. The maximum absolute atomic E-state index is 12.6. The van der Waals surface area contributed by atoms with E-state index in [-0.39, 0.29) is 11.8 Å². The SMILES string of the molecule is Cc1ccc(C)c(NC(=O)C2C(=O)N(C)c3ccccc32)c1. The van der Waals surface area contributed by atoms with Crippen molar-refractivity contribution in [2.45, 2.75) is 19.8 Å². The van der Waals surface area contributed by atoms with Crippen LogP contribution in [0.2, 0.25) is 0 Å². The van der Waals surface area contributed by atoms with Gasteiger partial charge in [0.05, 0.1) is 0 Å². The molecule has 2 aromatic rings. The summed E-state index contributed by atoms with van der Waals surface area (Å²) in [5.74, 6) is -1.25. The number of benzene rings is 2. The topological polar surface area (TPSA) is 49.4 Å². The molecule has 3 rings (SSSR count). The molecule has 0 saturated carbocycles. The van der Waals surface area contributed by atoms with Crippen molar-refractivity contribution in [3.05, 3.63) is 59.2 Å². The molecule has 0 spiro atoms. The van der Waals surface area contributed by atoms with Gasteiger partial charge in [0, 0.05) is 18.4 Å². The normalized spacial score (nSPS) is 16.6. The first kappa shape index (κ1) is 14.3. The average molecular weight is 294 g/mol. The number of hydrogen-bond acceptors (Lipinski definition) is 2. The minimum atomic E-state index is -0.777. The van der Waals surface area contributed by atoms with Gasteiger partial charge in [-0.2, -0.15) is 0 Å². The smallest absolute Gasteiger partial charge is 0.243 e. The summed E-state index contributed by atoms with van der Waals surface area (Å²) >= 11 is 0. The Kier molecular flexibility index (Phi) is 3.45. The van der Waals surface area contributed by atoms with E-state index >= 15 is 0 Å². The van der Waals surface area contributed by atoms with E-state index < -0.39 is 5.92 Å². The molecule has 1 atom stereocenters. The van der Waals surface area contributed by atoms with Gasteiger partial charge in [-0.15, -0.1) is 0 Å². The first-order valence-electron chi connectivity index (χ1n) is 7.23. The van der Waals surface area contributed by atoms with Crippen molar-refractivity contribution in [3.8, 4) is 0 Å². The van der Waals surface area contributed by atoms with Crippen LogP contribution in [0.15, 0.2) is 42.5 Å². The summed E-state index contributed by atoms with van der Waals surface area (Å²) in [7, 11) is 1.70. The predicted octanol–water partition coefficient (Wildman–Crippen LogP) is 3.00. The molecule has 0 fully saturated rings. The van der Waals surface area contributed by atoms with Gasteiger partial charge >= 0.3 is 0 Å². The van der Waals surface area contributed by atoms with Crippen molar-refractivity contribution in [1.82, 2.24) is 0 Å². The number of fused-ring (bicyclic) bond motifs is 1. The number of carbonyl (C=O) groups excluding carboxylic acids is 2. The minimum absolute atomic E-state index is 0.191. The number of nitrogens with one attached hydrogen (secondary N) is 1. The van der Waals surface area contributed by atoms with Crippen LogP contribution in [0, 0.1) is 13.8 Å². The first-order valence-corrected chi connectivity index (χ1v) is 7.23. The Morgan fingerprint density at radius 3 is 2.64 bits per heavy atom. The Morgan fingerprint density at radius 1 is 1.14 bits per heavy atom. The van der Waals surface area contributed by atoms with E-state index in [1.807, 2.05) is 56.3 Å². The molecule has 0 saturated heterocycles. The lowest BCUT2D eigenvalue weighted by Gasteiger charge is -2.13. The number of para-hydroxylation sites is 1. The molecule has 4 heteroatoms. The number of anilines is 2. The van der Waals surface area contributed by atoms with E-state index in [4.69, 9.17) is 0 Å². The third-order valence-corrected chi connectivity index (χ3v) is 4.10. The summed E-state index contributed by atoms with van der Waals surface area (Å²) in [4.78, 5) is 26.6. The van der Waals surface area contributed by atoms with Crippen LogP contribution in [0.3, 0.4) is 0 Å². The number of aryl methyl sites for hydroxylation is 2. The Labute approximate surface area is 129 Å². The van der Waals surface area contributed by atoms with E-state index in [0.29, 0.717) is 0 Å². The van der Waals surface area contributed by atoms with Crippen molar-refractivity contribution in [2.24, 2.45) is 0 Å². The van der Waals surface area contributed by atoms with Gasteiger partial charge in [-0.25, -0.2) is 0 Å². The van der Waals surface area contributed by atoms with E-state index in [0.717, 1.165) is 28.1 Å². The molecule has 2 aromatic carbocycles.